The molecule has 2 aromatic carbocycles. The molecule has 0 saturated carbocycles. The number of anilines is 1. The molecule has 31 heavy (non-hydrogen) atoms. The predicted molar refractivity (Wildman–Crippen MR) is 131 cm³/mol. The molecule has 0 aliphatic carbocycles. The predicted octanol–water partition coefficient (Wildman–Crippen LogP) is 4.42. The van der Waals surface area contributed by atoms with Crippen LogP contribution in [0.25, 0.3) is 10.2 Å². The third kappa shape index (κ3) is 5.83. The number of hydrogen-bond donors (Lipinski definition) is 0. The summed E-state index contributed by atoms with van der Waals surface area (Å²) in [6, 6.07) is 12.6. The van der Waals surface area contributed by atoms with Crippen LogP contribution in [0.3, 0.4) is 0 Å². The van der Waals surface area contributed by atoms with Crippen molar-refractivity contribution in [1.29, 1.82) is 0 Å². The Morgan fingerprint density at radius 3 is 2.26 bits per heavy atom. The van der Waals surface area contributed by atoms with Gasteiger partial charge in [0.25, 0.3) is 5.91 Å². The zero-order valence-electron chi connectivity index (χ0n) is 18.2. The Kier molecular flexibility index (Phi) is 8.59. The van der Waals surface area contributed by atoms with Crippen LogP contribution in [0.5, 0.6) is 0 Å². The van der Waals surface area contributed by atoms with Crippen molar-refractivity contribution in [2.24, 2.45) is 0 Å². The molecule has 0 fully saturated rings. The van der Waals surface area contributed by atoms with Gasteiger partial charge in [-0.15, -0.1) is 12.4 Å². The number of sulfone groups is 1. The summed E-state index contributed by atoms with van der Waals surface area (Å²) >= 11 is 1.34. The van der Waals surface area contributed by atoms with Gasteiger partial charge in [-0.05, 0) is 44.3 Å². The van der Waals surface area contributed by atoms with Gasteiger partial charge >= 0.3 is 0 Å². The Hall–Kier alpha value is -2.00. The van der Waals surface area contributed by atoms with E-state index in [0.717, 1.165) is 23.4 Å². The van der Waals surface area contributed by atoms with Crippen LogP contribution in [0, 0.1) is 6.92 Å². The number of halogens is 1. The lowest BCUT2D eigenvalue weighted by Crippen LogP contribution is -2.38. The number of likely N-dealkylation sites (N-methyl/N-ethyl adjacent to an activating group) is 1. The van der Waals surface area contributed by atoms with Crippen LogP contribution in [0.4, 0.5) is 5.13 Å². The SMILES string of the molecule is CCN(CC)CCN(C(=O)c1ccc(C)cc1)c1nc2c(S(C)(=O)=O)cccc2s1.Cl. The molecule has 0 saturated heterocycles. The van der Waals surface area contributed by atoms with Gasteiger partial charge in [-0.1, -0.05) is 48.9 Å². The van der Waals surface area contributed by atoms with Crippen LogP contribution in [0.15, 0.2) is 47.4 Å². The van der Waals surface area contributed by atoms with E-state index in [-0.39, 0.29) is 23.2 Å². The first kappa shape index (κ1) is 25.3. The second-order valence-corrected chi connectivity index (χ2v) is 10.2. The Labute approximate surface area is 194 Å². The molecular weight excluding hydrogens is 454 g/mol. The second kappa shape index (κ2) is 10.5. The molecule has 0 unspecified atom stereocenters. The first-order valence-corrected chi connectivity index (χ1v) is 12.7. The van der Waals surface area contributed by atoms with Crippen molar-refractivity contribution in [3.8, 4) is 0 Å². The lowest BCUT2D eigenvalue weighted by atomic mass is 10.1. The molecule has 0 bridgehead atoms. The first-order valence-electron chi connectivity index (χ1n) is 9.95. The van der Waals surface area contributed by atoms with Crippen LogP contribution >= 0.6 is 23.7 Å². The summed E-state index contributed by atoms with van der Waals surface area (Å²) in [5.74, 6) is -0.137. The smallest absolute Gasteiger partial charge is 0.260 e. The number of aryl methyl sites for hydroxylation is 1. The number of rotatable bonds is 8. The highest BCUT2D eigenvalue weighted by Gasteiger charge is 2.24. The topological polar surface area (TPSA) is 70.6 Å². The maximum absolute atomic E-state index is 13.4. The fraction of sp³-hybridized carbons (Fsp3) is 0.364. The van der Waals surface area contributed by atoms with E-state index in [9.17, 15) is 13.2 Å². The van der Waals surface area contributed by atoms with Crippen molar-refractivity contribution >= 4 is 54.8 Å². The van der Waals surface area contributed by atoms with Gasteiger partial charge in [0.1, 0.15) is 5.52 Å². The van der Waals surface area contributed by atoms with E-state index in [4.69, 9.17) is 0 Å². The van der Waals surface area contributed by atoms with Crippen molar-refractivity contribution in [3.63, 3.8) is 0 Å². The fourth-order valence-corrected chi connectivity index (χ4v) is 5.16. The van der Waals surface area contributed by atoms with Gasteiger partial charge in [-0.3, -0.25) is 9.69 Å². The summed E-state index contributed by atoms with van der Waals surface area (Å²) in [5.41, 5.74) is 2.09. The van der Waals surface area contributed by atoms with Gasteiger partial charge in [0.2, 0.25) is 0 Å². The van der Waals surface area contributed by atoms with Crippen LogP contribution in [0.1, 0.15) is 29.8 Å². The van der Waals surface area contributed by atoms with Crippen molar-refractivity contribution < 1.29 is 13.2 Å². The molecule has 1 amide bonds. The number of carbonyl (C=O) groups is 1. The quantitative estimate of drug-likeness (QED) is 0.476. The van der Waals surface area contributed by atoms with Gasteiger partial charge in [-0.25, -0.2) is 13.4 Å². The average Bonchev–Trinajstić information content (AvgIpc) is 3.14. The molecule has 168 valence electrons. The number of nitrogens with zero attached hydrogens (tertiary/aromatic N) is 3. The minimum atomic E-state index is -3.42. The highest BCUT2D eigenvalue weighted by molar-refractivity contribution is 7.91. The largest absolute Gasteiger partial charge is 0.302 e. The van der Waals surface area contributed by atoms with E-state index in [0.29, 0.717) is 29.3 Å². The highest BCUT2D eigenvalue weighted by Crippen LogP contribution is 2.33. The molecule has 6 nitrogen and oxygen atoms in total. The van der Waals surface area contributed by atoms with E-state index < -0.39 is 9.84 Å². The zero-order chi connectivity index (χ0) is 21.9. The number of aromatic nitrogens is 1. The summed E-state index contributed by atoms with van der Waals surface area (Å²) in [5, 5.41) is 0.513. The number of benzene rings is 2. The van der Waals surface area contributed by atoms with Crippen molar-refractivity contribution in [2.45, 2.75) is 25.7 Å². The molecular formula is C22H28ClN3O3S2. The second-order valence-electron chi connectivity index (χ2n) is 7.22. The van der Waals surface area contributed by atoms with E-state index in [1.165, 1.54) is 17.6 Å². The summed E-state index contributed by atoms with van der Waals surface area (Å²) in [4.78, 5) is 22.1. The van der Waals surface area contributed by atoms with Gasteiger partial charge < -0.3 is 4.90 Å². The van der Waals surface area contributed by atoms with E-state index >= 15 is 0 Å². The Morgan fingerprint density at radius 1 is 1.03 bits per heavy atom. The summed E-state index contributed by atoms with van der Waals surface area (Å²) in [7, 11) is -3.42. The monoisotopic (exact) mass is 481 g/mol. The third-order valence-electron chi connectivity index (χ3n) is 5.08. The molecule has 1 heterocycles. The van der Waals surface area contributed by atoms with Crippen LogP contribution in [-0.2, 0) is 9.84 Å². The van der Waals surface area contributed by atoms with Gasteiger partial charge in [-0.2, -0.15) is 0 Å². The molecule has 0 atom stereocenters. The maximum atomic E-state index is 13.4. The van der Waals surface area contributed by atoms with E-state index in [2.05, 4.69) is 23.7 Å². The van der Waals surface area contributed by atoms with Gasteiger partial charge in [0, 0.05) is 24.9 Å². The van der Waals surface area contributed by atoms with Gasteiger partial charge in [0.05, 0.1) is 9.60 Å². The van der Waals surface area contributed by atoms with Crippen molar-refractivity contribution in [2.75, 3.05) is 37.3 Å². The van der Waals surface area contributed by atoms with Crippen molar-refractivity contribution in [3.05, 3.63) is 53.6 Å². The van der Waals surface area contributed by atoms with Crippen molar-refractivity contribution in [1.82, 2.24) is 9.88 Å². The maximum Gasteiger partial charge on any atom is 0.260 e. The number of amides is 1. The van der Waals surface area contributed by atoms with E-state index in [1.807, 2.05) is 37.3 Å². The molecule has 0 spiro atoms. The minimum absolute atomic E-state index is 0. The standard InChI is InChI=1S/C22H27N3O3S2.ClH/c1-5-24(6-2)14-15-25(21(26)17-12-10-16(3)11-13-17)22-23-20-18(29-22)8-7-9-19(20)30(4,27)28;/h7-13H,5-6,14-15H2,1-4H3;1H. The Morgan fingerprint density at radius 2 is 1.68 bits per heavy atom. The molecule has 0 aliphatic rings. The lowest BCUT2D eigenvalue weighted by molar-refractivity contribution is 0.0983. The molecule has 0 radical (unpaired) electrons. The number of thiazole rings is 1. The number of fused-ring (bicyclic) bond motifs is 1. The van der Waals surface area contributed by atoms with E-state index in [1.54, 1.807) is 17.0 Å². The summed E-state index contributed by atoms with van der Waals surface area (Å²) in [6.07, 6.45) is 1.18. The molecule has 9 heteroatoms. The van der Waals surface area contributed by atoms with Crippen LogP contribution in [0.2, 0.25) is 0 Å². The molecule has 3 aromatic rings. The number of para-hydroxylation sites is 1. The summed E-state index contributed by atoms with van der Waals surface area (Å²) < 4.78 is 25.1. The third-order valence-corrected chi connectivity index (χ3v) is 7.25. The minimum Gasteiger partial charge on any atom is -0.302 e. The van der Waals surface area contributed by atoms with Gasteiger partial charge in [0.15, 0.2) is 15.0 Å². The Balaban J connectivity index is 0.00000341. The van der Waals surface area contributed by atoms with Crippen LogP contribution < -0.4 is 4.90 Å². The normalized spacial score (nSPS) is 11.5. The Bertz CT molecular complexity index is 1140. The molecule has 3 rings (SSSR count). The summed E-state index contributed by atoms with van der Waals surface area (Å²) in [6.45, 7) is 9.12. The number of carbonyl (C=O) groups excluding carboxylic acids is 1. The lowest BCUT2D eigenvalue weighted by Gasteiger charge is -2.24. The average molecular weight is 482 g/mol. The van der Waals surface area contributed by atoms with Crippen LogP contribution in [-0.4, -0.2) is 56.6 Å². The number of hydrogen-bond acceptors (Lipinski definition) is 6. The molecule has 0 aliphatic heterocycles. The first-order chi connectivity index (χ1) is 14.2. The molecule has 0 N–H and O–H groups in total. The highest BCUT2D eigenvalue weighted by atomic mass is 35.5. The fourth-order valence-electron chi connectivity index (χ4n) is 3.24. The molecule has 1 aromatic heterocycles. The zero-order valence-corrected chi connectivity index (χ0v) is 20.6.